The molecule has 1 rings (SSSR count). The van der Waals surface area contributed by atoms with Crippen LogP contribution in [0, 0.1) is 0 Å². The second-order valence-corrected chi connectivity index (χ2v) is 6.27. The summed E-state index contributed by atoms with van der Waals surface area (Å²) in [6.45, 7) is 0. The maximum atomic E-state index is 10.7. The molecule has 1 aromatic rings. The zero-order chi connectivity index (χ0) is 8.32. The van der Waals surface area contributed by atoms with E-state index in [4.69, 9.17) is 0 Å². The predicted molar refractivity (Wildman–Crippen MR) is 44.9 cm³/mol. The molecule has 0 unspecified atom stereocenters. The van der Waals surface area contributed by atoms with Gasteiger partial charge in [-0.15, -0.1) is 0 Å². The lowest BCUT2D eigenvalue weighted by atomic mass is 10.5. The van der Waals surface area contributed by atoms with Crippen LogP contribution in [0.1, 0.15) is 0 Å². The maximum absolute atomic E-state index is 10.7. The minimum absolute atomic E-state index is 0.509. The topological polar surface area (TPSA) is 47.0 Å². The monoisotopic (exact) mass is 189 g/mol. The molecular weight excluding hydrogens is 182 g/mol. The van der Waals surface area contributed by atoms with Crippen molar-refractivity contribution in [3.63, 3.8) is 0 Å². The average molecular weight is 189 g/mol. The normalized spacial score (nSPS) is 11.4. The minimum Gasteiger partial charge on any atom is -0.249 e. The molecule has 0 aromatic carbocycles. The molecule has 0 aliphatic heterocycles. The van der Waals surface area contributed by atoms with Gasteiger partial charge >= 0.3 is 0 Å². The summed E-state index contributed by atoms with van der Waals surface area (Å²) in [6, 6.07) is 5.15. The second kappa shape index (κ2) is 3.23. The van der Waals surface area contributed by atoms with Gasteiger partial charge in [-0.25, -0.2) is 13.4 Å². The fourth-order valence-electron chi connectivity index (χ4n) is 0.551. The van der Waals surface area contributed by atoms with Crippen LogP contribution in [-0.2, 0) is 8.87 Å². The lowest BCUT2D eigenvalue weighted by molar-refractivity contribution is 0.615. The molecule has 11 heavy (non-hydrogen) atoms. The van der Waals surface area contributed by atoms with E-state index in [2.05, 4.69) is 4.98 Å². The van der Waals surface area contributed by atoms with Crippen LogP contribution >= 0.6 is 10.8 Å². The zero-order valence-electron chi connectivity index (χ0n) is 5.89. The van der Waals surface area contributed by atoms with Crippen molar-refractivity contribution in [1.29, 1.82) is 0 Å². The molecular formula is C6H7NO2S2. The SMILES string of the molecule is CS(=O)(=O)Sc1ccccn1. The predicted octanol–water partition coefficient (Wildman–Crippen LogP) is 1.13. The number of nitrogens with zero attached hydrogens (tertiary/aromatic N) is 1. The number of rotatable bonds is 2. The Balaban J connectivity index is 2.82. The van der Waals surface area contributed by atoms with Gasteiger partial charge in [-0.2, -0.15) is 0 Å². The number of pyridine rings is 1. The molecule has 0 N–H and O–H groups in total. The van der Waals surface area contributed by atoms with Gasteiger partial charge in [0.2, 0.25) is 8.87 Å². The molecule has 0 saturated carbocycles. The van der Waals surface area contributed by atoms with Crippen LogP contribution in [0.15, 0.2) is 29.4 Å². The van der Waals surface area contributed by atoms with E-state index in [1.54, 1.807) is 24.4 Å². The molecule has 3 nitrogen and oxygen atoms in total. The summed E-state index contributed by atoms with van der Waals surface area (Å²) >= 11 is 0. The molecule has 1 heterocycles. The Labute approximate surface area is 69.2 Å². The van der Waals surface area contributed by atoms with Gasteiger partial charge in [-0.3, -0.25) is 0 Å². The van der Waals surface area contributed by atoms with Gasteiger partial charge in [0.15, 0.2) is 0 Å². The van der Waals surface area contributed by atoms with Crippen LogP contribution in [0.25, 0.3) is 0 Å². The highest BCUT2D eigenvalue weighted by Gasteiger charge is 2.04. The van der Waals surface area contributed by atoms with Crippen LogP contribution in [0.5, 0.6) is 0 Å². The van der Waals surface area contributed by atoms with Gasteiger partial charge in [0.25, 0.3) is 0 Å². The molecule has 0 bridgehead atoms. The molecule has 5 heteroatoms. The third-order valence-corrected chi connectivity index (χ3v) is 3.01. The molecule has 0 saturated heterocycles. The summed E-state index contributed by atoms with van der Waals surface area (Å²) in [5, 5.41) is 0.509. The smallest absolute Gasteiger partial charge is 0.204 e. The third-order valence-electron chi connectivity index (χ3n) is 0.875. The fourth-order valence-corrected chi connectivity index (χ4v) is 2.33. The lowest BCUT2D eigenvalue weighted by Crippen LogP contribution is -1.88. The van der Waals surface area contributed by atoms with Crippen LogP contribution in [0.4, 0.5) is 0 Å². The quantitative estimate of drug-likeness (QED) is 0.654. The van der Waals surface area contributed by atoms with Crippen LogP contribution in [0.2, 0.25) is 0 Å². The fraction of sp³-hybridized carbons (Fsp3) is 0.167. The largest absolute Gasteiger partial charge is 0.249 e. The van der Waals surface area contributed by atoms with Crippen molar-refractivity contribution < 1.29 is 8.42 Å². The molecule has 0 amide bonds. The zero-order valence-corrected chi connectivity index (χ0v) is 7.52. The van der Waals surface area contributed by atoms with Crippen molar-refractivity contribution in [3.05, 3.63) is 24.4 Å². The van der Waals surface area contributed by atoms with Gasteiger partial charge in [0, 0.05) is 23.2 Å². The van der Waals surface area contributed by atoms with Crippen molar-refractivity contribution in [3.8, 4) is 0 Å². The van der Waals surface area contributed by atoms with E-state index in [9.17, 15) is 8.42 Å². The summed E-state index contributed by atoms with van der Waals surface area (Å²) in [7, 11) is -2.26. The molecule has 0 spiro atoms. The Kier molecular flexibility index (Phi) is 2.51. The van der Waals surface area contributed by atoms with Crippen molar-refractivity contribution in [2.45, 2.75) is 5.03 Å². The van der Waals surface area contributed by atoms with Gasteiger partial charge in [-0.1, -0.05) is 6.07 Å². The first-order valence-electron chi connectivity index (χ1n) is 2.88. The first-order valence-corrected chi connectivity index (χ1v) is 6.11. The number of hydrogen-bond donors (Lipinski definition) is 0. The van der Waals surface area contributed by atoms with Crippen molar-refractivity contribution in [2.75, 3.05) is 6.26 Å². The molecule has 0 fully saturated rings. The Hall–Kier alpha value is -0.550. The highest BCUT2D eigenvalue weighted by Crippen LogP contribution is 2.19. The summed E-state index contributed by atoms with van der Waals surface area (Å²) in [4.78, 5) is 3.85. The Bertz CT molecular complexity index is 320. The first-order chi connectivity index (χ1) is 5.08. The van der Waals surface area contributed by atoms with E-state index in [1.165, 1.54) is 0 Å². The Morgan fingerprint density at radius 1 is 1.45 bits per heavy atom. The third kappa shape index (κ3) is 3.38. The van der Waals surface area contributed by atoms with Crippen LogP contribution < -0.4 is 0 Å². The van der Waals surface area contributed by atoms with Crippen molar-refractivity contribution >= 4 is 19.7 Å². The van der Waals surface area contributed by atoms with Crippen LogP contribution in [-0.4, -0.2) is 19.7 Å². The van der Waals surface area contributed by atoms with E-state index in [1.807, 2.05) is 0 Å². The standard InChI is InChI=1S/C6H7NO2S2/c1-11(8,9)10-6-4-2-3-5-7-6/h2-5H,1H3. The summed E-state index contributed by atoms with van der Waals surface area (Å²) < 4.78 is 21.4. The van der Waals surface area contributed by atoms with Crippen molar-refractivity contribution in [2.24, 2.45) is 0 Å². The molecule has 1 aromatic heterocycles. The summed E-state index contributed by atoms with van der Waals surface area (Å²) in [6.07, 6.45) is 2.72. The second-order valence-electron chi connectivity index (χ2n) is 1.96. The number of hydrogen-bond acceptors (Lipinski definition) is 4. The lowest BCUT2D eigenvalue weighted by Gasteiger charge is -1.94. The van der Waals surface area contributed by atoms with Gasteiger partial charge in [-0.05, 0) is 12.1 Å². The number of aromatic nitrogens is 1. The average Bonchev–Trinajstić information content (AvgIpc) is 1.85. The molecule has 0 radical (unpaired) electrons. The summed E-state index contributed by atoms with van der Waals surface area (Å²) in [5.41, 5.74) is 0. The van der Waals surface area contributed by atoms with E-state index >= 15 is 0 Å². The van der Waals surface area contributed by atoms with E-state index in [0.29, 0.717) is 5.03 Å². The van der Waals surface area contributed by atoms with Gasteiger partial charge in [0.1, 0.15) is 5.03 Å². The highest BCUT2D eigenvalue weighted by molar-refractivity contribution is 8.71. The highest BCUT2D eigenvalue weighted by atomic mass is 33.1. The van der Waals surface area contributed by atoms with Crippen molar-refractivity contribution in [1.82, 2.24) is 4.98 Å². The summed E-state index contributed by atoms with van der Waals surface area (Å²) in [5.74, 6) is 0. The van der Waals surface area contributed by atoms with E-state index in [0.717, 1.165) is 17.0 Å². The Morgan fingerprint density at radius 3 is 2.64 bits per heavy atom. The first kappa shape index (κ1) is 8.55. The van der Waals surface area contributed by atoms with Gasteiger partial charge in [0.05, 0.1) is 0 Å². The van der Waals surface area contributed by atoms with E-state index in [-0.39, 0.29) is 0 Å². The minimum atomic E-state index is -3.02. The maximum Gasteiger partial charge on any atom is 0.204 e. The molecule has 0 aliphatic rings. The molecule has 0 aliphatic carbocycles. The Morgan fingerprint density at radius 2 is 2.18 bits per heavy atom. The molecule has 60 valence electrons. The molecule has 0 atom stereocenters. The van der Waals surface area contributed by atoms with Crippen LogP contribution in [0.3, 0.4) is 0 Å². The van der Waals surface area contributed by atoms with E-state index < -0.39 is 8.87 Å². The van der Waals surface area contributed by atoms with Gasteiger partial charge < -0.3 is 0 Å².